The highest BCUT2D eigenvalue weighted by atomic mass is 16.3. The Hall–Kier alpha value is -0.0400. The van der Waals surface area contributed by atoms with E-state index in [-0.39, 0.29) is 11.0 Å². The highest BCUT2D eigenvalue weighted by molar-refractivity contribution is 5.44. The molecule has 2 bridgehead atoms. The van der Waals surface area contributed by atoms with Crippen molar-refractivity contribution in [1.82, 2.24) is 0 Å². The summed E-state index contributed by atoms with van der Waals surface area (Å²) in [5.41, 5.74) is -0.163. The standard InChI is InChI=1S/C13H18O/c1-12(2,3)13(14)10-6-4-5-8(6)11(13)9(5)7(4)10/h4-11,14H,1-3H3/t4?,5?,6-,7-,8-,9+,10?,11?,13?/m1/s1. The van der Waals surface area contributed by atoms with Gasteiger partial charge in [-0.3, -0.25) is 0 Å². The molecule has 6 rings (SSSR count). The SMILES string of the molecule is CC(C)(C)C1(O)C2[C@H]3C4C5[C@H]3C1[C@H]5[C@@H]42. The summed E-state index contributed by atoms with van der Waals surface area (Å²) in [6.45, 7) is 6.74. The maximum atomic E-state index is 11.0. The first-order chi connectivity index (χ1) is 6.49. The molecule has 0 aromatic carbocycles. The molecule has 0 aliphatic heterocycles. The quantitative estimate of drug-likeness (QED) is 0.617. The first-order valence-electron chi connectivity index (χ1n) is 6.22. The van der Waals surface area contributed by atoms with Crippen molar-refractivity contribution >= 4 is 0 Å². The van der Waals surface area contributed by atoms with E-state index in [4.69, 9.17) is 0 Å². The topological polar surface area (TPSA) is 20.2 Å². The summed E-state index contributed by atoms with van der Waals surface area (Å²) in [6.07, 6.45) is 0. The van der Waals surface area contributed by atoms with Gasteiger partial charge in [0.15, 0.2) is 0 Å². The Morgan fingerprint density at radius 1 is 0.786 bits per heavy atom. The van der Waals surface area contributed by atoms with E-state index in [2.05, 4.69) is 20.8 Å². The predicted octanol–water partition coefficient (Wildman–Crippen LogP) is 1.76. The molecule has 6 aliphatic carbocycles. The lowest BCUT2D eigenvalue weighted by molar-refractivity contribution is -0.379. The number of hydrogen-bond donors (Lipinski definition) is 1. The summed E-state index contributed by atoms with van der Waals surface area (Å²) in [6, 6.07) is 0. The van der Waals surface area contributed by atoms with Crippen LogP contribution in [0.5, 0.6) is 0 Å². The molecule has 0 amide bonds. The highest BCUT2D eigenvalue weighted by Gasteiger charge is 2.97. The zero-order valence-electron chi connectivity index (χ0n) is 9.07. The van der Waals surface area contributed by atoms with E-state index >= 15 is 0 Å². The third kappa shape index (κ3) is 0.340. The van der Waals surface area contributed by atoms with Crippen LogP contribution >= 0.6 is 0 Å². The molecule has 0 aromatic heterocycles. The molecule has 76 valence electrons. The largest absolute Gasteiger partial charge is 0.389 e. The van der Waals surface area contributed by atoms with Crippen molar-refractivity contribution in [3.8, 4) is 0 Å². The molecule has 6 aliphatic rings. The van der Waals surface area contributed by atoms with Crippen molar-refractivity contribution in [1.29, 1.82) is 0 Å². The van der Waals surface area contributed by atoms with Crippen LogP contribution in [0.3, 0.4) is 0 Å². The van der Waals surface area contributed by atoms with Gasteiger partial charge in [-0.05, 0) is 52.8 Å². The van der Waals surface area contributed by atoms with Crippen LogP contribution in [0, 0.1) is 52.8 Å². The van der Waals surface area contributed by atoms with Crippen LogP contribution in [0.4, 0.5) is 0 Å². The zero-order valence-corrected chi connectivity index (χ0v) is 9.07. The smallest absolute Gasteiger partial charge is 0.0763 e. The Morgan fingerprint density at radius 2 is 1.14 bits per heavy atom. The Kier molecular flexibility index (Phi) is 0.744. The van der Waals surface area contributed by atoms with Crippen LogP contribution in [0.25, 0.3) is 0 Å². The van der Waals surface area contributed by atoms with Gasteiger partial charge in [-0.2, -0.15) is 0 Å². The van der Waals surface area contributed by atoms with E-state index in [1.807, 2.05) is 0 Å². The molecule has 0 heterocycles. The molecule has 6 fully saturated rings. The monoisotopic (exact) mass is 190 g/mol. The number of aliphatic hydroxyl groups is 1. The minimum Gasteiger partial charge on any atom is -0.389 e. The molecule has 14 heavy (non-hydrogen) atoms. The highest BCUT2D eigenvalue weighted by Crippen LogP contribution is 2.97. The Morgan fingerprint density at radius 3 is 1.43 bits per heavy atom. The third-order valence-electron chi connectivity index (χ3n) is 6.99. The molecule has 5 unspecified atom stereocenters. The number of rotatable bonds is 0. The first kappa shape index (κ1) is 7.27. The fourth-order valence-electron chi connectivity index (χ4n) is 6.81. The molecule has 0 saturated heterocycles. The van der Waals surface area contributed by atoms with Crippen molar-refractivity contribution in [2.45, 2.75) is 26.4 Å². The van der Waals surface area contributed by atoms with Crippen molar-refractivity contribution in [3.05, 3.63) is 0 Å². The second-order valence-corrected chi connectivity index (χ2v) is 7.59. The summed E-state index contributed by atoms with van der Waals surface area (Å²) in [4.78, 5) is 0. The minimum absolute atomic E-state index is 0.114. The van der Waals surface area contributed by atoms with Crippen LogP contribution < -0.4 is 0 Å². The zero-order chi connectivity index (χ0) is 9.62. The van der Waals surface area contributed by atoms with E-state index < -0.39 is 0 Å². The summed E-state index contributed by atoms with van der Waals surface area (Å²) in [5, 5.41) is 11.0. The van der Waals surface area contributed by atoms with Crippen molar-refractivity contribution in [3.63, 3.8) is 0 Å². The van der Waals surface area contributed by atoms with E-state index in [1.165, 1.54) is 0 Å². The summed E-state index contributed by atoms with van der Waals surface area (Å²) >= 11 is 0. The van der Waals surface area contributed by atoms with E-state index in [9.17, 15) is 5.11 Å². The van der Waals surface area contributed by atoms with Crippen LogP contribution in [-0.4, -0.2) is 10.7 Å². The third-order valence-corrected chi connectivity index (χ3v) is 6.99. The van der Waals surface area contributed by atoms with Gasteiger partial charge >= 0.3 is 0 Å². The lowest BCUT2D eigenvalue weighted by Gasteiger charge is -2.84. The lowest BCUT2D eigenvalue weighted by Crippen LogP contribution is -2.81. The van der Waals surface area contributed by atoms with Crippen LogP contribution in [0.15, 0.2) is 0 Å². The van der Waals surface area contributed by atoms with Gasteiger partial charge in [0.25, 0.3) is 0 Å². The summed E-state index contributed by atoms with van der Waals surface area (Å²) < 4.78 is 0. The van der Waals surface area contributed by atoms with Gasteiger partial charge in [-0.15, -0.1) is 0 Å². The van der Waals surface area contributed by atoms with E-state index in [0.29, 0.717) is 0 Å². The van der Waals surface area contributed by atoms with Crippen molar-refractivity contribution in [2.75, 3.05) is 0 Å². The minimum atomic E-state index is -0.277. The van der Waals surface area contributed by atoms with Gasteiger partial charge in [0.1, 0.15) is 0 Å². The second-order valence-electron chi connectivity index (χ2n) is 7.59. The van der Waals surface area contributed by atoms with Gasteiger partial charge in [0, 0.05) is 0 Å². The maximum Gasteiger partial charge on any atom is 0.0763 e. The average molecular weight is 190 g/mol. The van der Waals surface area contributed by atoms with Crippen LogP contribution in [0.2, 0.25) is 0 Å². The number of hydrogen-bond acceptors (Lipinski definition) is 1. The molecule has 6 saturated carbocycles. The van der Waals surface area contributed by atoms with E-state index in [1.54, 1.807) is 0 Å². The summed E-state index contributed by atoms with van der Waals surface area (Å²) in [7, 11) is 0. The lowest BCUT2D eigenvalue weighted by atomic mass is 9.20. The van der Waals surface area contributed by atoms with Crippen LogP contribution in [-0.2, 0) is 0 Å². The molecule has 0 radical (unpaired) electrons. The average Bonchev–Trinajstić information content (AvgIpc) is 2.29. The van der Waals surface area contributed by atoms with Gasteiger partial charge in [0.05, 0.1) is 5.60 Å². The molecule has 0 spiro atoms. The predicted molar refractivity (Wildman–Crippen MR) is 52.3 cm³/mol. The van der Waals surface area contributed by atoms with E-state index in [0.717, 1.165) is 47.3 Å². The molecule has 0 aromatic rings. The molecular formula is C13H18O. The van der Waals surface area contributed by atoms with Gasteiger partial charge < -0.3 is 5.11 Å². The normalized spacial score (nSPS) is 79.7. The van der Waals surface area contributed by atoms with Gasteiger partial charge in [0.2, 0.25) is 0 Å². The summed E-state index contributed by atoms with van der Waals surface area (Å²) in [5.74, 6) is 7.54. The Balaban J connectivity index is 1.72. The van der Waals surface area contributed by atoms with Crippen molar-refractivity contribution < 1.29 is 5.11 Å². The fraction of sp³-hybridized carbons (Fsp3) is 1.00. The Bertz CT molecular complexity index is 320. The van der Waals surface area contributed by atoms with Crippen LogP contribution in [0.1, 0.15) is 20.8 Å². The molecule has 1 N–H and O–H groups in total. The molecule has 1 heteroatoms. The van der Waals surface area contributed by atoms with Gasteiger partial charge in [-0.1, -0.05) is 20.8 Å². The fourth-order valence-corrected chi connectivity index (χ4v) is 6.81. The first-order valence-corrected chi connectivity index (χ1v) is 6.22. The van der Waals surface area contributed by atoms with Gasteiger partial charge in [-0.25, -0.2) is 0 Å². The Labute approximate surface area is 84.9 Å². The molecule has 9 atom stereocenters. The molecule has 1 nitrogen and oxygen atoms in total. The second kappa shape index (κ2) is 1.43. The molecular weight excluding hydrogens is 172 g/mol. The maximum absolute atomic E-state index is 11.0. The van der Waals surface area contributed by atoms with Crippen molar-refractivity contribution in [2.24, 2.45) is 52.8 Å².